The summed E-state index contributed by atoms with van der Waals surface area (Å²) in [4.78, 5) is 20.9. The van der Waals surface area contributed by atoms with Crippen LogP contribution in [-0.4, -0.2) is 48.6 Å². The van der Waals surface area contributed by atoms with Crippen molar-refractivity contribution in [1.82, 2.24) is 9.88 Å². The molecule has 1 fully saturated rings. The number of amides is 1. The fourth-order valence-electron chi connectivity index (χ4n) is 2.96. The van der Waals surface area contributed by atoms with E-state index in [9.17, 15) is 9.18 Å². The number of carbonyl (C=O) groups excluding carboxylic acids is 1. The molecule has 8 heteroatoms. The van der Waals surface area contributed by atoms with Crippen LogP contribution in [0, 0.1) is 5.82 Å². The first-order valence-electron chi connectivity index (χ1n) is 8.56. The van der Waals surface area contributed by atoms with Crippen molar-refractivity contribution >= 4 is 44.2 Å². The molecule has 1 aliphatic heterocycles. The molecule has 0 atom stereocenters. The van der Waals surface area contributed by atoms with Crippen LogP contribution >= 0.6 is 22.9 Å². The molecule has 1 aliphatic rings. The Morgan fingerprint density at radius 1 is 1.19 bits per heavy atom. The van der Waals surface area contributed by atoms with E-state index in [4.69, 9.17) is 16.3 Å². The molecule has 27 heavy (non-hydrogen) atoms. The number of rotatable bonds is 4. The van der Waals surface area contributed by atoms with Gasteiger partial charge in [-0.1, -0.05) is 35.1 Å². The van der Waals surface area contributed by atoms with Crippen LogP contribution in [0.3, 0.4) is 0 Å². The Kier molecular flexibility index (Phi) is 5.13. The lowest BCUT2D eigenvalue weighted by Crippen LogP contribution is -2.50. The minimum Gasteiger partial charge on any atom is -0.481 e. The highest BCUT2D eigenvalue weighted by molar-refractivity contribution is 7.22. The smallest absolute Gasteiger partial charge is 0.260 e. The number of anilines is 1. The van der Waals surface area contributed by atoms with E-state index in [1.807, 2.05) is 18.2 Å². The van der Waals surface area contributed by atoms with Gasteiger partial charge in [-0.05, 0) is 30.3 Å². The Morgan fingerprint density at radius 2 is 1.96 bits per heavy atom. The van der Waals surface area contributed by atoms with Crippen LogP contribution in [-0.2, 0) is 4.79 Å². The van der Waals surface area contributed by atoms with Crippen LogP contribution in [0.1, 0.15) is 0 Å². The van der Waals surface area contributed by atoms with Gasteiger partial charge in [0, 0.05) is 31.2 Å². The molecule has 2 aromatic carbocycles. The average Bonchev–Trinajstić information content (AvgIpc) is 3.10. The number of fused-ring (bicyclic) bond motifs is 1. The third-order valence-corrected chi connectivity index (χ3v) is 5.74. The van der Waals surface area contributed by atoms with Gasteiger partial charge >= 0.3 is 0 Å². The summed E-state index contributed by atoms with van der Waals surface area (Å²) in [5, 5.41) is 1.63. The zero-order chi connectivity index (χ0) is 18.8. The number of para-hydroxylation sites is 1. The highest BCUT2D eigenvalue weighted by Gasteiger charge is 2.23. The number of halogens is 2. The molecule has 0 unspecified atom stereocenters. The van der Waals surface area contributed by atoms with Gasteiger partial charge in [0.25, 0.3) is 5.91 Å². The van der Waals surface area contributed by atoms with Crippen molar-refractivity contribution < 1.29 is 13.9 Å². The molecule has 2 heterocycles. The minimum atomic E-state index is -0.467. The van der Waals surface area contributed by atoms with E-state index < -0.39 is 5.82 Å². The van der Waals surface area contributed by atoms with Crippen LogP contribution in [0.4, 0.5) is 9.52 Å². The van der Waals surface area contributed by atoms with Gasteiger partial charge in [0.2, 0.25) is 0 Å². The Labute approximate surface area is 164 Å². The van der Waals surface area contributed by atoms with Gasteiger partial charge in [-0.3, -0.25) is 4.79 Å². The molecule has 0 saturated carbocycles. The molecular formula is C19H17ClFN3O2S. The second-order valence-electron chi connectivity index (χ2n) is 6.20. The zero-order valence-corrected chi connectivity index (χ0v) is 16.0. The maximum Gasteiger partial charge on any atom is 0.260 e. The first-order valence-corrected chi connectivity index (χ1v) is 9.76. The van der Waals surface area contributed by atoms with Crippen LogP contribution in [0.5, 0.6) is 5.75 Å². The minimum absolute atomic E-state index is 0.0950. The van der Waals surface area contributed by atoms with Crippen molar-refractivity contribution in [2.24, 2.45) is 0 Å². The summed E-state index contributed by atoms with van der Waals surface area (Å²) < 4.78 is 19.9. The van der Waals surface area contributed by atoms with E-state index >= 15 is 0 Å². The van der Waals surface area contributed by atoms with Crippen molar-refractivity contribution in [3.05, 3.63) is 53.3 Å². The second kappa shape index (κ2) is 7.70. The Morgan fingerprint density at radius 3 is 2.74 bits per heavy atom. The number of hydrogen-bond acceptors (Lipinski definition) is 5. The SMILES string of the molecule is O=C(COc1ccccc1F)N1CCN(c2nc3ccc(Cl)cc3s2)CC1. The Hall–Kier alpha value is -2.38. The maximum atomic E-state index is 13.6. The first kappa shape index (κ1) is 18.0. The van der Waals surface area contributed by atoms with Gasteiger partial charge < -0.3 is 14.5 Å². The second-order valence-corrected chi connectivity index (χ2v) is 7.64. The summed E-state index contributed by atoms with van der Waals surface area (Å²) >= 11 is 7.63. The molecule has 4 rings (SSSR count). The Bertz CT molecular complexity index is 972. The molecule has 0 aliphatic carbocycles. The first-order chi connectivity index (χ1) is 13.1. The van der Waals surface area contributed by atoms with E-state index in [1.165, 1.54) is 12.1 Å². The predicted octanol–water partition coefficient (Wildman–Crippen LogP) is 3.82. The lowest BCUT2D eigenvalue weighted by molar-refractivity contribution is -0.133. The van der Waals surface area contributed by atoms with Crippen LogP contribution in [0.15, 0.2) is 42.5 Å². The van der Waals surface area contributed by atoms with E-state index in [0.29, 0.717) is 31.2 Å². The number of nitrogens with zero attached hydrogens (tertiary/aromatic N) is 3. The molecule has 3 aromatic rings. The average molecular weight is 406 g/mol. The number of thiazole rings is 1. The Balaban J connectivity index is 1.34. The third kappa shape index (κ3) is 3.99. The lowest BCUT2D eigenvalue weighted by atomic mass is 10.3. The number of carbonyl (C=O) groups is 1. The summed E-state index contributed by atoms with van der Waals surface area (Å²) in [6.07, 6.45) is 0. The monoisotopic (exact) mass is 405 g/mol. The predicted molar refractivity (Wildman–Crippen MR) is 105 cm³/mol. The quantitative estimate of drug-likeness (QED) is 0.662. The van der Waals surface area contributed by atoms with E-state index in [0.717, 1.165) is 15.3 Å². The number of ether oxygens (including phenoxy) is 1. The van der Waals surface area contributed by atoms with Crippen molar-refractivity contribution in [2.45, 2.75) is 0 Å². The van der Waals surface area contributed by atoms with Gasteiger partial charge in [-0.2, -0.15) is 0 Å². The van der Waals surface area contributed by atoms with E-state index in [1.54, 1.807) is 28.4 Å². The third-order valence-electron chi connectivity index (χ3n) is 4.43. The highest BCUT2D eigenvalue weighted by atomic mass is 35.5. The van der Waals surface area contributed by atoms with Crippen LogP contribution in [0.2, 0.25) is 5.02 Å². The lowest BCUT2D eigenvalue weighted by Gasteiger charge is -2.34. The maximum absolute atomic E-state index is 13.6. The van der Waals surface area contributed by atoms with Gasteiger partial charge in [-0.25, -0.2) is 9.37 Å². The van der Waals surface area contributed by atoms with Crippen molar-refractivity contribution in [3.63, 3.8) is 0 Å². The van der Waals surface area contributed by atoms with Crippen molar-refractivity contribution in [3.8, 4) is 5.75 Å². The van der Waals surface area contributed by atoms with E-state index in [2.05, 4.69) is 9.88 Å². The molecule has 1 saturated heterocycles. The van der Waals surface area contributed by atoms with Gasteiger partial charge in [0.05, 0.1) is 10.2 Å². The number of piperazine rings is 1. The number of aromatic nitrogens is 1. The molecule has 0 N–H and O–H groups in total. The molecule has 5 nitrogen and oxygen atoms in total. The molecule has 140 valence electrons. The summed E-state index contributed by atoms with van der Waals surface area (Å²) in [5.41, 5.74) is 0.927. The zero-order valence-electron chi connectivity index (χ0n) is 14.4. The fraction of sp³-hybridized carbons (Fsp3) is 0.263. The molecule has 0 bridgehead atoms. The summed E-state index contributed by atoms with van der Waals surface area (Å²) in [7, 11) is 0. The number of hydrogen-bond donors (Lipinski definition) is 0. The van der Waals surface area contributed by atoms with Gasteiger partial charge in [-0.15, -0.1) is 0 Å². The molecular weight excluding hydrogens is 389 g/mol. The topological polar surface area (TPSA) is 45.7 Å². The molecule has 0 radical (unpaired) electrons. The van der Waals surface area contributed by atoms with Crippen molar-refractivity contribution in [2.75, 3.05) is 37.7 Å². The molecule has 1 amide bonds. The van der Waals surface area contributed by atoms with E-state index in [-0.39, 0.29) is 18.3 Å². The van der Waals surface area contributed by atoms with Gasteiger partial charge in [0.1, 0.15) is 0 Å². The fourth-order valence-corrected chi connectivity index (χ4v) is 4.25. The largest absolute Gasteiger partial charge is 0.481 e. The van der Waals surface area contributed by atoms with Crippen molar-refractivity contribution in [1.29, 1.82) is 0 Å². The summed E-state index contributed by atoms with van der Waals surface area (Å²) in [6, 6.07) is 11.7. The number of benzene rings is 2. The molecule has 1 aromatic heterocycles. The molecule has 0 spiro atoms. The summed E-state index contributed by atoms with van der Waals surface area (Å²) in [5.74, 6) is -0.516. The highest BCUT2D eigenvalue weighted by Crippen LogP contribution is 2.31. The standard InChI is InChI=1S/C19H17ClFN3O2S/c20-13-5-6-15-17(11-13)27-19(22-15)24-9-7-23(8-10-24)18(25)12-26-16-4-2-1-3-14(16)21/h1-6,11H,7-10,12H2. The van der Waals surface area contributed by atoms with Crippen LogP contribution < -0.4 is 9.64 Å². The normalized spacial score (nSPS) is 14.6. The van der Waals surface area contributed by atoms with Gasteiger partial charge in [0.15, 0.2) is 23.3 Å². The summed E-state index contributed by atoms with van der Waals surface area (Å²) in [6.45, 7) is 2.38. The van der Waals surface area contributed by atoms with Crippen LogP contribution in [0.25, 0.3) is 10.2 Å².